The van der Waals surface area contributed by atoms with E-state index in [0.29, 0.717) is 16.3 Å². The molecule has 7 heteroatoms. The lowest BCUT2D eigenvalue weighted by Gasteiger charge is -2.35. The molecule has 2 atom stereocenters. The highest BCUT2D eigenvalue weighted by atomic mass is 32.1. The molecule has 1 aliphatic rings. The molecule has 2 rings (SSSR count). The quantitative estimate of drug-likeness (QED) is 0.525. The first-order chi connectivity index (χ1) is 9.41. The Labute approximate surface area is 121 Å². The summed E-state index contributed by atoms with van der Waals surface area (Å²) in [4.78, 5) is 24.2. The van der Waals surface area contributed by atoms with Gasteiger partial charge >= 0.3 is 5.69 Å². The number of anilines is 1. The van der Waals surface area contributed by atoms with E-state index in [1.165, 1.54) is 13.0 Å². The molecule has 6 nitrogen and oxygen atoms in total. The zero-order chi connectivity index (χ0) is 14.9. The smallest absolute Gasteiger partial charge is 0.304 e. The minimum Gasteiger partial charge on any atom is -0.391 e. The van der Waals surface area contributed by atoms with E-state index < -0.39 is 11.0 Å². The van der Waals surface area contributed by atoms with Crippen molar-refractivity contribution in [2.45, 2.75) is 44.8 Å². The maximum atomic E-state index is 11.4. The number of nitro groups is 1. The van der Waals surface area contributed by atoms with Crippen molar-refractivity contribution in [1.82, 2.24) is 0 Å². The molecule has 0 aliphatic heterocycles. The molecular weight excluding hydrogens is 280 g/mol. The second-order valence-electron chi connectivity index (χ2n) is 5.14. The molecule has 0 aromatic carbocycles. The molecule has 0 bridgehead atoms. The molecule has 1 aromatic rings. The number of likely N-dealkylation sites (N-methyl/N-ethyl adjacent to an activating group) is 1. The van der Waals surface area contributed by atoms with E-state index in [9.17, 15) is 20.0 Å². The first-order valence-electron chi connectivity index (χ1n) is 6.62. The SMILES string of the molecule is CC(=O)c1cc([N+](=O)[O-])c(N(C)C2CCCCC2O)s1. The van der Waals surface area contributed by atoms with Crippen LogP contribution in [0.3, 0.4) is 0 Å². The maximum Gasteiger partial charge on any atom is 0.304 e. The molecule has 2 unspecified atom stereocenters. The fraction of sp³-hybridized carbons (Fsp3) is 0.615. The normalized spacial score (nSPS) is 22.6. The average molecular weight is 298 g/mol. The highest BCUT2D eigenvalue weighted by molar-refractivity contribution is 7.18. The summed E-state index contributed by atoms with van der Waals surface area (Å²) in [6, 6.07) is 1.20. The number of nitrogens with zero attached hydrogens (tertiary/aromatic N) is 2. The number of hydrogen-bond donors (Lipinski definition) is 1. The van der Waals surface area contributed by atoms with Gasteiger partial charge in [0.2, 0.25) is 0 Å². The summed E-state index contributed by atoms with van der Waals surface area (Å²) < 4.78 is 0. The third-order valence-corrected chi connectivity index (χ3v) is 5.06. The largest absolute Gasteiger partial charge is 0.391 e. The van der Waals surface area contributed by atoms with Gasteiger partial charge in [0.15, 0.2) is 10.8 Å². The lowest BCUT2D eigenvalue weighted by Crippen LogP contribution is -2.43. The van der Waals surface area contributed by atoms with E-state index in [0.717, 1.165) is 30.6 Å². The van der Waals surface area contributed by atoms with Gasteiger partial charge in [0.05, 0.1) is 21.9 Å². The van der Waals surface area contributed by atoms with Crippen LogP contribution in [0.15, 0.2) is 6.07 Å². The number of hydrogen-bond acceptors (Lipinski definition) is 6. The summed E-state index contributed by atoms with van der Waals surface area (Å²) in [5.41, 5.74) is -0.0551. The van der Waals surface area contributed by atoms with Crippen molar-refractivity contribution >= 4 is 27.8 Å². The molecule has 1 aromatic heterocycles. The molecule has 20 heavy (non-hydrogen) atoms. The number of Topliss-reactive ketones (excluding diaryl/α,β-unsaturated/α-hetero) is 1. The van der Waals surface area contributed by atoms with Gasteiger partial charge in [0.1, 0.15) is 0 Å². The Bertz CT molecular complexity index is 528. The van der Waals surface area contributed by atoms with Crippen molar-refractivity contribution in [3.05, 3.63) is 21.1 Å². The minimum absolute atomic E-state index is 0.0551. The van der Waals surface area contributed by atoms with E-state index in [1.54, 1.807) is 11.9 Å². The fourth-order valence-corrected chi connectivity index (χ4v) is 3.66. The van der Waals surface area contributed by atoms with Crippen LogP contribution in [-0.2, 0) is 0 Å². The summed E-state index contributed by atoms with van der Waals surface area (Å²) in [6.07, 6.45) is 3.04. The Morgan fingerprint density at radius 3 is 2.70 bits per heavy atom. The standard InChI is InChI=1S/C13H18N2O4S/c1-8(16)12-7-10(15(18)19)13(20-12)14(2)9-5-3-4-6-11(9)17/h7,9,11,17H,3-6H2,1-2H3. The van der Waals surface area contributed by atoms with Crippen LogP contribution in [0, 0.1) is 10.1 Å². The summed E-state index contributed by atoms with van der Waals surface area (Å²) >= 11 is 1.12. The Kier molecular flexibility index (Phi) is 4.39. The van der Waals surface area contributed by atoms with Crippen LogP contribution >= 0.6 is 11.3 Å². The Morgan fingerprint density at radius 2 is 2.15 bits per heavy atom. The van der Waals surface area contributed by atoms with Gasteiger partial charge in [-0.2, -0.15) is 0 Å². The van der Waals surface area contributed by atoms with E-state index in [2.05, 4.69) is 0 Å². The van der Waals surface area contributed by atoms with E-state index in [-0.39, 0.29) is 17.5 Å². The first-order valence-corrected chi connectivity index (χ1v) is 7.43. The number of aliphatic hydroxyl groups excluding tert-OH is 1. The van der Waals surface area contributed by atoms with E-state index in [1.807, 2.05) is 0 Å². The topological polar surface area (TPSA) is 83.7 Å². The van der Waals surface area contributed by atoms with Gasteiger partial charge < -0.3 is 10.0 Å². The first kappa shape index (κ1) is 14.9. The second-order valence-corrected chi connectivity index (χ2v) is 6.18. The molecule has 0 radical (unpaired) electrons. The third-order valence-electron chi connectivity index (χ3n) is 3.75. The van der Waals surface area contributed by atoms with Crippen molar-refractivity contribution in [3.8, 4) is 0 Å². The van der Waals surface area contributed by atoms with Gasteiger partial charge in [-0.05, 0) is 19.8 Å². The van der Waals surface area contributed by atoms with Crippen LogP contribution in [-0.4, -0.2) is 35.0 Å². The molecule has 110 valence electrons. The molecular formula is C13H18N2O4S. The van der Waals surface area contributed by atoms with Crippen molar-refractivity contribution in [2.75, 3.05) is 11.9 Å². The molecule has 1 saturated carbocycles. The Morgan fingerprint density at radius 1 is 1.50 bits per heavy atom. The predicted molar refractivity (Wildman–Crippen MR) is 77.6 cm³/mol. The zero-order valence-electron chi connectivity index (χ0n) is 11.5. The van der Waals surface area contributed by atoms with Gasteiger partial charge in [0.25, 0.3) is 0 Å². The number of rotatable bonds is 4. The maximum absolute atomic E-state index is 11.4. The van der Waals surface area contributed by atoms with Crippen LogP contribution in [0.4, 0.5) is 10.7 Å². The zero-order valence-corrected chi connectivity index (χ0v) is 12.4. The summed E-state index contributed by atoms with van der Waals surface area (Å²) in [7, 11) is 1.75. The molecule has 1 aliphatic carbocycles. The predicted octanol–water partition coefficient (Wildman–Crippen LogP) is 2.60. The van der Waals surface area contributed by atoms with Crippen molar-refractivity contribution in [3.63, 3.8) is 0 Å². The number of thiophene rings is 1. The van der Waals surface area contributed by atoms with Crippen molar-refractivity contribution in [1.29, 1.82) is 0 Å². The average Bonchev–Trinajstić information content (AvgIpc) is 2.84. The third kappa shape index (κ3) is 2.83. The molecule has 0 saturated heterocycles. The Hall–Kier alpha value is -1.47. The molecule has 0 spiro atoms. The summed E-state index contributed by atoms with van der Waals surface area (Å²) in [5.74, 6) is -0.179. The van der Waals surface area contributed by atoms with Gasteiger partial charge in [-0.25, -0.2) is 0 Å². The number of aliphatic hydroxyl groups is 1. The van der Waals surface area contributed by atoms with Gasteiger partial charge in [-0.3, -0.25) is 14.9 Å². The number of carbonyl (C=O) groups is 1. The summed E-state index contributed by atoms with van der Waals surface area (Å²) in [5, 5.41) is 21.7. The van der Waals surface area contributed by atoms with Crippen LogP contribution in [0.25, 0.3) is 0 Å². The van der Waals surface area contributed by atoms with Crippen LogP contribution in [0.1, 0.15) is 42.3 Å². The lowest BCUT2D eigenvalue weighted by atomic mass is 9.92. The highest BCUT2D eigenvalue weighted by Gasteiger charge is 2.32. The van der Waals surface area contributed by atoms with E-state index >= 15 is 0 Å². The van der Waals surface area contributed by atoms with Gasteiger partial charge in [-0.15, -0.1) is 11.3 Å². The number of carbonyl (C=O) groups excluding carboxylic acids is 1. The van der Waals surface area contributed by atoms with Crippen LogP contribution in [0.5, 0.6) is 0 Å². The number of ketones is 1. The molecule has 1 fully saturated rings. The summed E-state index contributed by atoms with van der Waals surface area (Å²) in [6.45, 7) is 1.40. The lowest BCUT2D eigenvalue weighted by molar-refractivity contribution is -0.383. The highest BCUT2D eigenvalue weighted by Crippen LogP contribution is 2.40. The Balaban J connectivity index is 2.34. The minimum atomic E-state index is -0.476. The van der Waals surface area contributed by atoms with Crippen LogP contribution in [0.2, 0.25) is 0 Å². The van der Waals surface area contributed by atoms with Gasteiger partial charge in [-0.1, -0.05) is 12.8 Å². The van der Waals surface area contributed by atoms with E-state index in [4.69, 9.17) is 0 Å². The molecule has 1 N–H and O–H groups in total. The van der Waals surface area contributed by atoms with Crippen LogP contribution < -0.4 is 4.90 Å². The fourth-order valence-electron chi connectivity index (χ4n) is 2.62. The second kappa shape index (κ2) is 5.88. The van der Waals surface area contributed by atoms with Gasteiger partial charge in [0, 0.05) is 13.1 Å². The van der Waals surface area contributed by atoms with Crippen molar-refractivity contribution < 1.29 is 14.8 Å². The molecule has 0 amide bonds. The molecule has 1 heterocycles. The van der Waals surface area contributed by atoms with Crippen molar-refractivity contribution in [2.24, 2.45) is 0 Å². The monoisotopic (exact) mass is 298 g/mol.